The molecule has 1 atom stereocenters. The van der Waals surface area contributed by atoms with Crippen LogP contribution in [0.15, 0.2) is 71.6 Å². The first-order chi connectivity index (χ1) is 15.7. The van der Waals surface area contributed by atoms with Gasteiger partial charge in [0, 0.05) is 5.69 Å². The number of benzene rings is 3. The average Bonchev–Trinajstić information content (AvgIpc) is 2.77. The molecule has 172 valence electrons. The molecule has 0 spiro atoms. The van der Waals surface area contributed by atoms with Gasteiger partial charge in [0.05, 0.1) is 17.1 Å². The number of nitrogens with one attached hydrogen (secondary N) is 1. The van der Waals surface area contributed by atoms with Gasteiger partial charge >= 0.3 is 0 Å². The van der Waals surface area contributed by atoms with E-state index in [1.54, 1.807) is 30.3 Å². The third kappa shape index (κ3) is 5.12. The summed E-state index contributed by atoms with van der Waals surface area (Å²) in [6.07, 6.45) is -0.273. The summed E-state index contributed by atoms with van der Waals surface area (Å²) in [6, 6.07) is 18.9. The maximum absolute atomic E-state index is 13.3. The fourth-order valence-corrected chi connectivity index (χ4v) is 5.33. The monoisotopic (exact) mass is 466 g/mol. The quantitative estimate of drug-likeness (QED) is 0.586. The van der Waals surface area contributed by atoms with Gasteiger partial charge in [0.2, 0.25) is 0 Å². The molecule has 8 heteroatoms. The molecule has 3 aromatic rings. The number of ether oxygens (including phenoxy) is 2. The van der Waals surface area contributed by atoms with E-state index in [2.05, 4.69) is 5.32 Å². The highest BCUT2D eigenvalue weighted by molar-refractivity contribution is 7.92. The number of amides is 1. The van der Waals surface area contributed by atoms with Gasteiger partial charge in [-0.25, -0.2) is 8.42 Å². The summed E-state index contributed by atoms with van der Waals surface area (Å²) in [6.45, 7) is 5.83. The average molecular weight is 467 g/mol. The van der Waals surface area contributed by atoms with Crippen LogP contribution in [0, 0.1) is 13.8 Å². The van der Waals surface area contributed by atoms with Gasteiger partial charge in [-0.05, 0) is 80.4 Å². The number of carbonyl (C=O) groups excluding carboxylic acids is 1. The van der Waals surface area contributed by atoms with Crippen molar-refractivity contribution in [1.82, 2.24) is 0 Å². The lowest BCUT2D eigenvalue weighted by Gasteiger charge is -2.34. The number of para-hydroxylation sites is 2. The van der Waals surface area contributed by atoms with Gasteiger partial charge in [-0.1, -0.05) is 18.2 Å². The molecule has 0 aliphatic carbocycles. The summed E-state index contributed by atoms with van der Waals surface area (Å²) >= 11 is 0. The van der Waals surface area contributed by atoms with Crippen molar-refractivity contribution >= 4 is 27.3 Å². The fourth-order valence-electron chi connectivity index (χ4n) is 3.78. The van der Waals surface area contributed by atoms with Crippen molar-refractivity contribution in [3.63, 3.8) is 0 Å². The van der Waals surface area contributed by atoms with Gasteiger partial charge < -0.3 is 14.8 Å². The highest BCUT2D eigenvalue weighted by Crippen LogP contribution is 2.36. The normalized spacial score (nSPS) is 15.4. The molecule has 0 saturated heterocycles. The molecule has 7 nitrogen and oxygen atoms in total. The van der Waals surface area contributed by atoms with E-state index >= 15 is 0 Å². The summed E-state index contributed by atoms with van der Waals surface area (Å²) in [5, 5.41) is 2.73. The topological polar surface area (TPSA) is 84.9 Å². The molecule has 1 aliphatic rings. The molecule has 0 fully saturated rings. The van der Waals surface area contributed by atoms with E-state index in [0.29, 0.717) is 22.9 Å². The Hall–Kier alpha value is -3.52. The van der Waals surface area contributed by atoms with Crippen LogP contribution in [0.4, 0.5) is 11.4 Å². The Balaban J connectivity index is 1.44. The minimum absolute atomic E-state index is 0.135. The first-order valence-electron chi connectivity index (χ1n) is 10.6. The Labute approximate surface area is 194 Å². The zero-order valence-electron chi connectivity index (χ0n) is 18.7. The van der Waals surface area contributed by atoms with Crippen LogP contribution in [0.2, 0.25) is 0 Å². The second-order valence-corrected chi connectivity index (χ2v) is 9.98. The molecule has 0 bridgehead atoms. The Morgan fingerprint density at radius 3 is 2.42 bits per heavy atom. The highest BCUT2D eigenvalue weighted by atomic mass is 32.2. The smallest absolute Gasteiger partial charge is 0.264 e. The molecule has 33 heavy (non-hydrogen) atoms. The lowest BCUT2D eigenvalue weighted by molar-refractivity contribution is -0.118. The van der Waals surface area contributed by atoms with Crippen LogP contribution >= 0.6 is 0 Å². The number of aryl methyl sites for hydroxylation is 2. The van der Waals surface area contributed by atoms with Crippen molar-refractivity contribution in [1.29, 1.82) is 0 Å². The van der Waals surface area contributed by atoms with E-state index in [1.165, 1.54) is 16.4 Å². The number of anilines is 2. The van der Waals surface area contributed by atoms with Crippen molar-refractivity contribution in [2.24, 2.45) is 0 Å². The summed E-state index contributed by atoms with van der Waals surface area (Å²) in [5.41, 5.74) is 3.11. The minimum Gasteiger partial charge on any atom is -0.487 e. The summed E-state index contributed by atoms with van der Waals surface area (Å²) in [7, 11) is -3.79. The van der Waals surface area contributed by atoms with E-state index in [-0.39, 0.29) is 30.1 Å². The van der Waals surface area contributed by atoms with Crippen molar-refractivity contribution < 1.29 is 22.7 Å². The molecular weight excluding hydrogens is 440 g/mol. The number of fused-ring (bicyclic) bond motifs is 1. The molecule has 0 saturated carbocycles. The lowest BCUT2D eigenvalue weighted by Crippen LogP contribution is -2.42. The molecular formula is C25H26N2O5S. The predicted octanol–water partition coefficient (Wildman–Crippen LogP) is 4.30. The highest BCUT2D eigenvalue weighted by Gasteiger charge is 2.32. The minimum atomic E-state index is -3.79. The molecule has 1 heterocycles. The number of carbonyl (C=O) groups is 1. The van der Waals surface area contributed by atoms with E-state index in [1.807, 2.05) is 45.0 Å². The molecule has 1 amide bonds. The first-order valence-corrected chi connectivity index (χ1v) is 12.1. The van der Waals surface area contributed by atoms with Crippen molar-refractivity contribution in [3.8, 4) is 11.5 Å². The van der Waals surface area contributed by atoms with Gasteiger partial charge in [-0.2, -0.15) is 0 Å². The van der Waals surface area contributed by atoms with Crippen molar-refractivity contribution in [2.75, 3.05) is 22.8 Å². The van der Waals surface area contributed by atoms with Crippen LogP contribution in [0.25, 0.3) is 0 Å². The number of nitrogens with zero attached hydrogens (tertiary/aromatic N) is 1. The lowest BCUT2D eigenvalue weighted by atomic mass is 10.1. The molecule has 0 radical (unpaired) electrons. The Morgan fingerprint density at radius 2 is 1.73 bits per heavy atom. The van der Waals surface area contributed by atoms with Crippen LogP contribution in [0.5, 0.6) is 11.5 Å². The van der Waals surface area contributed by atoms with Crippen LogP contribution in [-0.2, 0) is 14.8 Å². The summed E-state index contributed by atoms with van der Waals surface area (Å²) in [5.74, 6) is 0.831. The van der Waals surface area contributed by atoms with Gasteiger partial charge in [0.25, 0.3) is 15.9 Å². The SMILES string of the molecule is Cc1cc(C)cc(OCC(=O)Nc2ccc(S(=O)(=O)N3CC(C)Oc4ccccc43)cc2)c1. The number of hydrogen-bond donors (Lipinski definition) is 1. The van der Waals surface area contributed by atoms with Crippen molar-refractivity contribution in [2.45, 2.75) is 31.8 Å². The molecule has 1 N–H and O–H groups in total. The van der Waals surface area contributed by atoms with Gasteiger partial charge in [-0.15, -0.1) is 0 Å². The predicted molar refractivity (Wildman–Crippen MR) is 128 cm³/mol. The third-order valence-corrected chi connectivity index (χ3v) is 6.97. The summed E-state index contributed by atoms with van der Waals surface area (Å²) in [4.78, 5) is 12.4. The van der Waals surface area contributed by atoms with Crippen molar-refractivity contribution in [3.05, 3.63) is 77.9 Å². The zero-order valence-corrected chi connectivity index (χ0v) is 19.6. The fraction of sp³-hybridized carbons (Fsp3) is 0.240. The Bertz CT molecular complexity index is 1250. The van der Waals surface area contributed by atoms with E-state index in [9.17, 15) is 13.2 Å². The Kier molecular flexibility index (Phi) is 6.29. The van der Waals surface area contributed by atoms with E-state index in [0.717, 1.165) is 11.1 Å². The number of hydrogen-bond acceptors (Lipinski definition) is 5. The first kappa shape index (κ1) is 22.7. The molecule has 0 aromatic heterocycles. The Morgan fingerprint density at radius 1 is 1.06 bits per heavy atom. The number of sulfonamides is 1. The third-order valence-electron chi connectivity index (χ3n) is 5.18. The second-order valence-electron chi connectivity index (χ2n) is 8.12. The van der Waals surface area contributed by atoms with Crippen LogP contribution in [0.1, 0.15) is 18.1 Å². The van der Waals surface area contributed by atoms with Gasteiger partial charge in [-0.3, -0.25) is 9.10 Å². The summed E-state index contributed by atoms with van der Waals surface area (Å²) < 4.78 is 39.3. The van der Waals surface area contributed by atoms with E-state index < -0.39 is 10.0 Å². The van der Waals surface area contributed by atoms with Crippen LogP contribution < -0.4 is 19.1 Å². The maximum atomic E-state index is 13.3. The van der Waals surface area contributed by atoms with Crippen LogP contribution in [0.3, 0.4) is 0 Å². The standard InChI is InChI=1S/C25H26N2O5S/c1-17-12-18(2)14-21(13-17)31-16-25(28)26-20-8-10-22(11-9-20)33(29,30)27-15-19(3)32-24-7-5-4-6-23(24)27/h4-14,19H,15-16H2,1-3H3,(H,26,28). The largest absolute Gasteiger partial charge is 0.487 e. The van der Waals surface area contributed by atoms with Crippen LogP contribution in [-0.4, -0.2) is 33.6 Å². The molecule has 1 unspecified atom stereocenters. The van der Waals surface area contributed by atoms with Gasteiger partial charge in [0.1, 0.15) is 17.6 Å². The second kappa shape index (κ2) is 9.15. The molecule has 4 rings (SSSR count). The molecule has 1 aliphatic heterocycles. The van der Waals surface area contributed by atoms with Gasteiger partial charge in [0.15, 0.2) is 6.61 Å². The number of rotatable bonds is 6. The maximum Gasteiger partial charge on any atom is 0.264 e. The zero-order chi connectivity index (χ0) is 23.6. The van der Waals surface area contributed by atoms with E-state index in [4.69, 9.17) is 9.47 Å². The molecule has 3 aromatic carbocycles.